The quantitative estimate of drug-likeness (QED) is 0.402. The largest absolute Gasteiger partial charge is 0.309 e. The van der Waals surface area contributed by atoms with Crippen LogP contribution in [0.5, 0.6) is 0 Å². The molecule has 0 spiro atoms. The van der Waals surface area contributed by atoms with E-state index < -0.39 is 0 Å². The van der Waals surface area contributed by atoms with Crippen molar-refractivity contribution in [1.82, 2.24) is 4.90 Å². The van der Waals surface area contributed by atoms with Gasteiger partial charge in [-0.1, -0.05) is 68.0 Å². The Kier molecular flexibility index (Phi) is 9.25. The first-order valence-electron chi connectivity index (χ1n) is 8.37. The molecule has 0 heterocycles. The van der Waals surface area contributed by atoms with Crippen molar-refractivity contribution in [3.63, 3.8) is 0 Å². The molecule has 0 fully saturated rings. The summed E-state index contributed by atoms with van der Waals surface area (Å²) < 4.78 is 0. The van der Waals surface area contributed by atoms with E-state index in [1.165, 1.54) is 48.9 Å². The summed E-state index contributed by atoms with van der Waals surface area (Å²) in [5.74, 6) is 0. The van der Waals surface area contributed by atoms with Gasteiger partial charge >= 0.3 is 0 Å². The number of unbranched alkanes of at least 4 members (excludes halogenated alkanes) is 3. The summed E-state index contributed by atoms with van der Waals surface area (Å²) in [6.07, 6.45) is 16.6. The summed E-state index contributed by atoms with van der Waals surface area (Å²) >= 11 is 0. The van der Waals surface area contributed by atoms with E-state index in [9.17, 15) is 0 Å². The van der Waals surface area contributed by atoms with Crippen LogP contribution in [0.25, 0.3) is 12.2 Å². The molecule has 0 aromatic heterocycles. The lowest BCUT2D eigenvalue weighted by atomic mass is 9.97. The molecule has 1 rings (SSSR count). The van der Waals surface area contributed by atoms with Gasteiger partial charge in [-0.25, -0.2) is 0 Å². The molecule has 0 N–H and O–H groups in total. The first-order valence-corrected chi connectivity index (χ1v) is 8.37. The summed E-state index contributed by atoms with van der Waals surface area (Å²) in [7, 11) is 4.29. The van der Waals surface area contributed by atoms with E-state index in [-0.39, 0.29) is 0 Å². The molecule has 0 aliphatic rings. The number of hydrogen-bond donors (Lipinski definition) is 0. The average molecular weight is 297 g/mol. The predicted molar refractivity (Wildman–Crippen MR) is 101 cm³/mol. The number of aryl methyl sites for hydroxylation is 1. The van der Waals surface area contributed by atoms with Gasteiger partial charge in [0.25, 0.3) is 0 Å². The third-order valence-corrected chi connectivity index (χ3v) is 3.74. The van der Waals surface area contributed by atoms with Crippen molar-refractivity contribution in [3.05, 3.63) is 59.7 Å². The third-order valence-electron chi connectivity index (χ3n) is 3.74. The van der Waals surface area contributed by atoms with E-state index >= 15 is 0 Å². The van der Waals surface area contributed by atoms with Crippen molar-refractivity contribution in [2.45, 2.75) is 39.0 Å². The first kappa shape index (κ1) is 18.4. The van der Waals surface area contributed by atoms with Crippen LogP contribution in [-0.4, -0.2) is 25.5 Å². The summed E-state index contributed by atoms with van der Waals surface area (Å²) in [6.45, 7) is 7.02. The fraction of sp³-hybridized carbons (Fsp3) is 0.429. The molecule has 0 aliphatic carbocycles. The fourth-order valence-corrected chi connectivity index (χ4v) is 2.57. The van der Waals surface area contributed by atoms with E-state index in [1.807, 2.05) is 12.2 Å². The Hall–Kier alpha value is -1.60. The van der Waals surface area contributed by atoms with Gasteiger partial charge in [0.2, 0.25) is 0 Å². The van der Waals surface area contributed by atoms with E-state index in [0.29, 0.717) is 0 Å². The zero-order valence-corrected chi connectivity index (χ0v) is 14.5. The van der Waals surface area contributed by atoms with Gasteiger partial charge in [-0.05, 0) is 63.5 Å². The normalized spacial score (nSPS) is 11.8. The Morgan fingerprint density at radius 3 is 2.50 bits per heavy atom. The molecule has 0 radical (unpaired) electrons. The number of hydrogen-bond acceptors (Lipinski definition) is 1. The van der Waals surface area contributed by atoms with Gasteiger partial charge in [0, 0.05) is 0 Å². The van der Waals surface area contributed by atoms with Crippen LogP contribution < -0.4 is 0 Å². The zero-order chi connectivity index (χ0) is 16.2. The minimum atomic E-state index is 1.16. The van der Waals surface area contributed by atoms with Gasteiger partial charge in [0.05, 0.1) is 0 Å². The second kappa shape index (κ2) is 11.0. The second-order valence-corrected chi connectivity index (χ2v) is 6.02. The number of nitrogens with zero attached hydrogens (tertiary/aromatic N) is 1. The van der Waals surface area contributed by atoms with Crippen molar-refractivity contribution in [3.8, 4) is 0 Å². The molecule has 0 unspecified atom stereocenters. The third kappa shape index (κ3) is 7.42. The highest BCUT2D eigenvalue weighted by atomic mass is 15.0. The van der Waals surface area contributed by atoms with Gasteiger partial charge in [0.15, 0.2) is 0 Å². The van der Waals surface area contributed by atoms with Crippen LogP contribution in [0, 0.1) is 0 Å². The molecule has 22 heavy (non-hydrogen) atoms. The minimum Gasteiger partial charge on any atom is -0.309 e. The number of allylic oxidation sites excluding steroid dienone is 3. The highest BCUT2D eigenvalue weighted by Crippen LogP contribution is 2.18. The Bertz CT molecular complexity index is 495. The second-order valence-electron chi connectivity index (χ2n) is 6.02. The summed E-state index contributed by atoms with van der Waals surface area (Å²) in [6, 6.07) is 6.72. The molecular weight excluding hydrogens is 266 g/mol. The van der Waals surface area contributed by atoms with E-state index in [0.717, 1.165) is 6.42 Å². The van der Waals surface area contributed by atoms with Gasteiger partial charge in [-0.15, -0.1) is 0 Å². The van der Waals surface area contributed by atoms with Crippen molar-refractivity contribution in [2.24, 2.45) is 0 Å². The molecule has 0 amide bonds. The smallest absolute Gasteiger partial charge is 0.00248 e. The maximum absolute atomic E-state index is 3.76. The molecule has 1 nitrogen and oxygen atoms in total. The van der Waals surface area contributed by atoms with Crippen LogP contribution in [0.15, 0.2) is 43.0 Å². The SMILES string of the molecule is C=C/C=C/c1ccc(/C=C/C)cc1CCCCCCN(C)C. The summed E-state index contributed by atoms with van der Waals surface area (Å²) in [5.41, 5.74) is 4.06. The molecule has 0 aliphatic heterocycles. The van der Waals surface area contributed by atoms with E-state index in [1.54, 1.807) is 0 Å². The van der Waals surface area contributed by atoms with Crippen molar-refractivity contribution in [2.75, 3.05) is 20.6 Å². The lowest BCUT2D eigenvalue weighted by Crippen LogP contribution is -2.12. The molecule has 1 heteroatoms. The van der Waals surface area contributed by atoms with Gasteiger partial charge < -0.3 is 4.90 Å². The number of rotatable bonds is 10. The van der Waals surface area contributed by atoms with Crippen LogP contribution >= 0.6 is 0 Å². The highest BCUT2D eigenvalue weighted by Gasteiger charge is 2.01. The van der Waals surface area contributed by atoms with Crippen molar-refractivity contribution in [1.29, 1.82) is 0 Å². The Morgan fingerprint density at radius 1 is 1.05 bits per heavy atom. The Morgan fingerprint density at radius 2 is 1.82 bits per heavy atom. The number of benzene rings is 1. The fourth-order valence-electron chi connectivity index (χ4n) is 2.57. The predicted octanol–water partition coefficient (Wildman–Crippen LogP) is 5.58. The van der Waals surface area contributed by atoms with Gasteiger partial charge in [0.1, 0.15) is 0 Å². The van der Waals surface area contributed by atoms with Gasteiger partial charge in [-0.2, -0.15) is 0 Å². The van der Waals surface area contributed by atoms with Crippen LogP contribution in [0.2, 0.25) is 0 Å². The van der Waals surface area contributed by atoms with Crippen molar-refractivity contribution < 1.29 is 0 Å². The minimum absolute atomic E-state index is 1.16. The Balaban J connectivity index is 2.59. The lowest BCUT2D eigenvalue weighted by molar-refractivity contribution is 0.390. The van der Waals surface area contributed by atoms with Crippen molar-refractivity contribution >= 4 is 12.2 Å². The molecule has 1 aromatic carbocycles. The van der Waals surface area contributed by atoms with E-state index in [4.69, 9.17) is 0 Å². The van der Waals surface area contributed by atoms with Crippen LogP contribution in [0.1, 0.15) is 49.3 Å². The molecule has 120 valence electrons. The van der Waals surface area contributed by atoms with Crippen LogP contribution in [-0.2, 0) is 6.42 Å². The average Bonchev–Trinajstić information content (AvgIpc) is 2.50. The van der Waals surface area contributed by atoms with Crippen LogP contribution in [0.3, 0.4) is 0 Å². The van der Waals surface area contributed by atoms with Gasteiger partial charge in [-0.3, -0.25) is 0 Å². The lowest BCUT2D eigenvalue weighted by Gasteiger charge is -2.10. The first-order chi connectivity index (χ1) is 10.7. The molecular formula is C21H31N. The zero-order valence-electron chi connectivity index (χ0n) is 14.5. The topological polar surface area (TPSA) is 3.24 Å². The standard InChI is InChI=1S/C21H31N/c1-5-7-13-20-16-15-19(12-6-2)18-21(20)14-10-8-9-11-17-22(3)4/h5-7,12-13,15-16,18H,1,8-11,14,17H2,2-4H3/b12-6+,13-7+. The summed E-state index contributed by atoms with van der Waals surface area (Å²) in [4.78, 5) is 2.26. The maximum Gasteiger partial charge on any atom is -0.00248 e. The Labute approximate surface area is 137 Å². The maximum atomic E-state index is 3.76. The molecule has 0 saturated carbocycles. The van der Waals surface area contributed by atoms with E-state index in [2.05, 4.69) is 68.9 Å². The highest BCUT2D eigenvalue weighted by molar-refractivity contribution is 5.60. The van der Waals surface area contributed by atoms with Crippen LogP contribution in [0.4, 0.5) is 0 Å². The molecule has 0 saturated heterocycles. The molecule has 0 atom stereocenters. The monoisotopic (exact) mass is 297 g/mol. The summed E-state index contributed by atoms with van der Waals surface area (Å²) in [5, 5.41) is 0. The molecule has 0 bridgehead atoms. The molecule has 1 aromatic rings.